The number of hydrogen-bond donors (Lipinski definition) is 1. The zero-order valence-electron chi connectivity index (χ0n) is 19.6. The first-order valence-corrected chi connectivity index (χ1v) is 11.1. The molecule has 2 aromatic heterocycles. The number of aromatic nitrogens is 3. The molecule has 0 unspecified atom stereocenters. The lowest BCUT2D eigenvalue weighted by atomic mass is 10.1. The minimum Gasteiger partial charge on any atom is -0.490 e. The largest absolute Gasteiger partial charge is 0.490 e. The van der Waals surface area contributed by atoms with Crippen molar-refractivity contribution < 1.29 is 18.3 Å². The molecule has 1 amide bonds. The molecule has 7 nitrogen and oxygen atoms in total. The number of nitrogens with one attached hydrogen (secondary N) is 1. The Morgan fingerprint density at radius 3 is 2.75 bits per heavy atom. The molecule has 2 heterocycles. The number of rotatable bonds is 6. The van der Waals surface area contributed by atoms with Gasteiger partial charge in [0, 0.05) is 23.3 Å². The smallest absolute Gasteiger partial charge is 0.266 e. The van der Waals surface area contributed by atoms with Gasteiger partial charge in [0.2, 0.25) is 0 Å². The summed E-state index contributed by atoms with van der Waals surface area (Å²) in [7, 11) is 0. The topological polar surface area (TPSA) is 86.1 Å². The van der Waals surface area contributed by atoms with E-state index in [-0.39, 0.29) is 24.8 Å². The van der Waals surface area contributed by atoms with E-state index in [1.807, 2.05) is 32.0 Å². The molecule has 0 saturated carbocycles. The summed E-state index contributed by atoms with van der Waals surface area (Å²) in [6.07, 6.45) is 4.07. The van der Waals surface area contributed by atoms with Gasteiger partial charge in [-0.3, -0.25) is 19.1 Å². The van der Waals surface area contributed by atoms with Crippen LogP contribution in [0, 0.1) is 23.5 Å². The standard InChI is InChI=1S/C27H22F2N4O3/c1-17(2)36-25-9-11-31-24-8-6-18(12-20(24)25)4-3-10-32-26(34)21-14-30-16-33(27(21)35)15-19-5-7-22(28)23(29)13-19/h5-9,11-14,16-17H,10,15H2,1-2H3,(H,32,34). The average molecular weight is 488 g/mol. The van der Waals surface area contributed by atoms with Gasteiger partial charge in [-0.15, -0.1) is 0 Å². The molecule has 0 aliphatic rings. The summed E-state index contributed by atoms with van der Waals surface area (Å²) in [6.45, 7) is 3.82. The summed E-state index contributed by atoms with van der Waals surface area (Å²) in [5, 5.41) is 3.41. The number of halogens is 2. The van der Waals surface area contributed by atoms with Gasteiger partial charge in [0.1, 0.15) is 11.3 Å². The molecular formula is C27H22F2N4O3. The van der Waals surface area contributed by atoms with Gasteiger partial charge in [-0.25, -0.2) is 13.8 Å². The van der Waals surface area contributed by atoms with Gasteiger partial charge in [-0.05, 0) is 55.8 Å². The lowest BCUT2D eigenvalue weighted by molar-refractivity contribution is 0.0956. The van der Waals surface area contributed by atoms with Crippen LogP contribution in [0.4, 0.5) is 8.78 Å². The monoisotopic (exact) mass is 488 g/mol. The Morgan fingerprint density at radius 1 is 1.14 bits per heavy atom. The van der Waals surface area contributed by atoms with E-state index in [4.69, 9.17) is 4.74 Å². The molecule has 36 heavy (non-hydrogen) atoms. The summed E-state index contributed by atoms with van der Waals surface area (Å²) in [5.41, 5.74) is 1.06. The molecule has 0 aliphatic carbocycles. The van der Waals surface area contributed by atoms with Crippen LogP contribution in [-0.4, -0.2) is 33.1 Å². The number of ether oxygens (including phenoxy) is 1. The van der Waals surface area contributed by atoms with Crippen molar-refractivity contribution in [2.24, 2.45) is 0 Å². The predicted molar refractivity (Wildman–Crippen MR) is 131 cm³/mol. The molecule has 9 heteroatoms. The van der Waals surface area contributed by atoms with Crippen LogP contribution in [0.1, 0.15) is 35.3 Å². The van der Waals surface area contributed by atoms with Crippen LogP contribution in [0.2, 0.25) is 0 Å². The number of carbonyl (C=O) groups is 1. The summed E-state index contributed by atoms with van der Waals surface area (Å²) in [5.74, 6) is 3.91. The van der Waals surface area contributed by atoms with Crippen molar-refractivity contribution in [2.75, 3.05) is 6.54 Å². The highest BCUT2D eigenvalue weighted by atomic mass is 19.2. The molecule has 182 valence electrons. The third-order valence-corrected chi connectivity index (χ3v) is 5.12. The maximum atomic E-state index is 13.5. The van der Waals surface area contributed by atoms with Crippen molar-refractivity contribution in [2.45, 2.75) is 26.5 Å². The summed E-state index contributed by atoms with van der Waals surface area (Å²) >= 11 is 0. The van der Waals surface area contributed by atoms with Crippen LogP contribution in [0.15, 0.2) is 66.0 Å². The Kier molecular flexibility index (Phi) is 7.35. The van der Waals surface area contributed by atoms with E-state index in [1.54, 1.807) is 12.3 Å². The SMILES string of the molecule is CC(C)Oc1ccnc2ccc(C#CCNC(=O)c3cncn(Cc4ccc(F)c(F)c4)c3=O)cc12. The van der Waals surface area contributed by atoms with Gasteiger partial charge < -0.3 is 10.1 Å². The van der Waals surface area contributed by atoms with E-state index in [2.05, 4.69) is 27.1 Å². The van der Waals surface area contributed by atoms with E-state index in [0.717, 1.165) is 33.8 Å². The Morgan fingerprint density at radius 2 is 1.97 bits per heavy atom. The van der Waals surface area contributed by atoms with Crippen LogP contribution < -0.4 is 15.6 Å². The zero-order chi connectivity index (χ0) is 25.7. The number of hydrogen-bond acceptors (Lipinski definition) is 5. The fraction of sp³-hybridized carbons (Fsp3) is 0.185. The Labute approximate surface area is 205 Å². The number of fused-ring (bicyclic) bond motifs is 1. The highest BCUT2D eigenvalue weighted by molar-refractivity contribution is 5.93. The van der Waals surface area contributed by atoms with Crippen LogP contribution in [0.3, 0.4) is 0 Å². The molecule has 0 atom stereocenters. The molecule has 0 aliphatic heterocycles. The molecule has 0 radical (unpaired) electrons. The third kappa shape index (κ3) is 5.73. The van der Waals surface area contributed by atoms with Gasteiger partial charge in [0.25, 0.3) is 11.5 Å². The normalized spacial score (nSPS) is 10.7. The van der Waals surface area contributed by atoms with E-state index in [1.165, 1.54) is 12.4 Å². The quantitative estimate of drug-likeness (QED) is 0.419. The van der Waals surface area contributed by atoms with Crippen molar-refractivity contribution in [1.82, 2.24) is 19.9 Å². The second-order valence-corrected chi connectivity index (χ2v) is 8.18. The van der Waals surface area contributed by atoms with Crippen molar-refractivity contribution in [3.63, 3.8) is 0 Å². The number of nitrogens with zero attached hydrogens (tertiary/aromatic N) is 3. The molecule has 1 N–H and O–H groups in total. The summed E-state index contributed by atoms with van der Waals surface area (Å²) < 4.78 is 33.6. The van der Waals surface area contributed by atoms with Gasteiger partial charge >= 0.3 is 0 Å². The molecule has 0 fully saturated rings. The fourth-order valence-corrected chi connectivity index (χ4v) is 3.48. The van der Waals surface area contributed by atoms with E-state index < -0.39 is 23.1 Å². The molecule has 2 aromatic carbocycles. The first kappa shape index (κ1) is 24.5. The number of amides is 1. The van der Waals surface area contributed by atoms with E-state index in [0.29, 0.717) is 16.9 Å². The molecular weight excluding hydrogens is 466 g/mol. The fourth-order valence-electron chi connectivity index (χ4n) is 3.48. The van der Waals surface area contributed by atoms with Gasteiger partial charge in [-0.2, -0.15) is 0 Å². The van der Waals surface area contributed by atoms with Crippen molar-refractivity contribution >= 4 is 16.8 Å². The lowest BCUT2D eigenvalue weighted by Gasteiger charge is -2.11. The maximum absolute atomic E-state index is 13.5. The molecule has 0 spiro atoms. The number of carbonyl (C=O) groups excluding carboxylic acids is 1. The highest BCUT2D eigenvalue weighted by Gasteiger charge is 2.13. The predicted octanol–water partition coefficient (Wildman–Crippen LogP) is 3.69. The lowest BCUT2D eigenvalue weighted by Crippen LogP contribution is -2.33. The summed E-state index contributed by atoms with van der Waals surface area (Å²) in [4.78, 5) is 33.5. The van der Waals surface area contributed by atoms with Crippen LogP contribution in [0.25, 0.3) is 10.9 Å². The second-order valence-electron chi connectivity index (χ2n) is 8.18. The number of pyridine rings is 1. The third-order valence-electron chi connectivity index (χ3n) is 5.12. The molecule has 0 saturated heterocycles. The first-order chi connectivity index (χ1) is 17.3. The highest BCUT2D eigenvalue weighted by Crippen LogP contribution is 2.25. The van der Waals surface area contributed by atoms with Gasteiger partial charge in [0.05, 0.1) is 31.0 Å². The van der Waals surface area contributed by atoms with Crippen molar-refractivity contribution in [3.8, 4) is 17.6 Å². The van der Waals surface area contributed by atoms with Gasteiger partial charge in [-0.1, -0.05) is 17.9 Å². The average Bonchev–Trinajstić information content (AvgIpc) is 2.85. The second kappa shape index (κ2) is 10.8. The van der Waals surface area contributed by atoms with Gasteiger partial charge in [0.15, 0.2) is 11.6 Å². The van der Waals surface area contributed by atoms with Crippen LogP contribution in [-0.2, 0) is 6.54 Å². The summed E-state index contributed by atoms with van der Waals surface area (Å²) in [6, 6.07) is 10.7. The zero-order valence-corrected chi connectivity index (χ0v) is 19.6. The van der Waals surface area contributed by atoms with Crippen molar-refractivity contribution in [1.29, 1.82) is 0 Å². The Bertz CT molecular complexity index is 1550. The Balaban J connectivity index is 1.44. The molecule has 0 bridgehead atoms. The maximum Gasteiger partial charge on any atom is 0.266 e. The van der Waals surface area contributed by atoms with E-state index >= 15 is 0 Å². The molecule has 4 rings (SSSR count). The number of benzene rings is 2. The van der Waals surface area contributed by atoms with Crippen LogP contribution >= 0.6 is 0 Å². The van der Waals surface area contributed by atoms with E-state index in [9.17, 15) is 18.4 Å². The Hall–Kier alpha value is -4.58. The minimum atomic E-state index is -1.02. The van der Waals surface area contributed by atoms with Crippen LogP contribution in [0.5, 0.6) is 5.75 Å². The first-order valence-electron chi connectivity index (χ1n) is 11.1. The minimum absolute atomic E-state index is 0.00321. The molecule has 4 aromatic rings. The van der Waals surface area contributed by atoms with Crippen molar-refractivity contribution in [3.05, 3.63) is 99.9 Å².